The largest absolute Gasteiger partial charge is 0.483 e. The second-order valence-corrected chi connectivity index (χ2v) is 3.30. The number of carbonyl (C=O) groups excluding carboxylic acids is 2. The first-order valence-electron chi connectivity index (χ1n) is 4.52. The third-order valence-corrected chi connectivity index (χ3v) is 2.19. The van der Waals surface area contributed by atoms with Crippen LogP contribution in [-0.4, -0.2) is 18.8 Å². The number of aldehydes is 1. The zero-order chi connectivity index (χ0) is 11.4. The number of hydrogen-bond acceptors (Lipinski definition) is 3. The number of aryl methyl sites for hydroxylation is 1. The summed E-state index contributed by atoms with van der Waals surface area (Å²) in [6.07, 6.45) is 0.697. The van der Waals surface area contributed by atoms with Gasteiger partial charge in [-0.1, -0.05) is 6.07 Å². The third kappa shape index (κ3) is 2.56. The number of hydrogen-bond donors (Lipinski definition) is 1. The van der Waals surface area contributed by atoms with Crippen molar-refractivity contribution in [3.63, 3.8) is 0 Å². The van der Waals surface area contributed by atoms with Crippen molar-refractivity contribution in [1.29, 1.82) is 0 Å². The summed E-state index contributed by atoms with van der Waals surface area (Å²) in [5.74, 6) is -0.128. The quantitative estimate of drug-likeness (QED) is 0.748. The minimum atomic E-state index is -0.562. The Labute approximate surface area is 88.0 Å². The summed E-state index contributed by atoms with van der Waals surface area (Å²) >= 11 is 0. The van der Waals surface area contributed by atoms with Crippen molar-refractivity contribution in [1.82, 2.24) is 0 Å². The van der Waals surface area contributed by atoms with Crippen LogP contribution in [0, 0.1) is 13.8 Å². The average molecular weight is 207 g/mol. The monoisotopic (exact) mass is 207 g/mol. The molecule has 80 valence electrons. The lowest BCUT2D eigenvalue weighted by molar-refractivity contribution is -0.119. The van der Waals surface area contributed by atoms with Crippen LogP contribution in [0.3, 0.4) is 0 Å². The van der Waals surface area contributed by atoms with Gasteiger partial charge in [-0.3, -0.25) is 9.59 Å². The van der Waals surface area contributed by atoms with Gasteiger partial charge in [-0.25, -0.2) is 0 Å². The summed E-state index contributed by atoms with van der Waals surface area (Å²) in [6.45, 7) is 3.52. The van der Waals surface area contributed by atoms with Crippen molar-refractivity contribution in [2.75, 3.05) is 6.61 Å². The van der Waals surface area contributed by atoms with Crippen molar-refractivity contribution in [3.8, 4) is 5.75 Å². The molecule has 0 aromatic heterocycles. The highest BCUT2D eigenvalue weighted by Gasteiger charge is 2.09. The molecule has 1 aromatic carbocycles. The fraction of sp³-hybridized carbons (Fsp3) is 0.273. The van der Waals surface area contributed by atoms with E-state index in [0.717, 1.165) is 11.1 Å². The molecule has 0 atom stereocenters. The van der Waals surface area contributed by atoms with Gasteiger partial charge >= 0.3 is 0 Å². The lowest BCUT2D eigenvalue weighted by atomic mass is 10.1. The van der Waals surface area contributed by atoms with Gasteiger partial charge < -0.3 is 10.5 Å². The summed E-state index contributed by atoms with van der Waals surface area (Å²) in [5.41, 5.74) is 7.25. The molecule has 1 amide bonds. The minimum Gasteiger partial charge on any atom is -0.483 e. The molecular weight excluding hydrogens is 194 g/mol. The molecule has 0 saturated carbocycles. The summed E-state index contributed by atoms with van der Waals surface area (Å²) in [6, 6.07) is 3.49. The van der Waals surface area contributed by atoms with Crippen molar-refractivity contribution in [2.24, 2.45) is 5.73 Å². The second-order valence-electron chi connectivity index (χ2n) is 3.30. The van der Waals surface area contributed by atoms with Gasteiger partial charge in [0.05, 0.1) is 5.56 Å². The van der Waals surface area contributed by atoms with Crippen LogP contribution < -0.4 is 10.5 Å². The Morgan fingerprint density at radius 3 is 2.67 bits per heavy atom. The summed E-state index contributed by atoms with van der Waals surface area (Å²) in [4.78, 5) is 21.3. The number of ether oxygens (including phenoxy) is 1. The van der Waals surface area contributed by atoms with Gasteiger partial charge in [0.15, 0.2) is 12.9 Å². The number of carbonyl (C=O) groups is 2. The van der Waals surface area contributed by atoms with Crippen LogP contribution in [0.2, 0.25) is 0 Å². The average Bonchev–Trinajstić information content (AvgIpc) is 2.20. The van der Waals surface area contributed by atoms with E-state index in [1.165, 1.54) is 0 Å². The topological polar surface area (TPSA) is 69.4 Å². The third-order valence-electron chi connectivity index (χ3n) is 2.19. The van der Waals surface area contributed by atoms with Crippen LogP contribution in [-0.2, 0) is 4.79 Å². The molecule has 0 radical (unpaired) electrons. The van der Waals surface area contributed by atoms with E-state index in [1.54, 1.807) is 6.07 Å². The lowest BCUT2D eigenvalue weighted by Crippen LogP contribution is -2.20. The van der Waals surface area contributed by atoms with Crippen LogP contribution in [0.25, 0.3) is 0 Å². The maximum Gasteiger partial charge on any atom is 0.255 e. The first kappa shape index (κ1) is 11.2. The Hall–Kier alpha value is -1.84. The van der Waals surface area contributed by atoms with Gasteiger partial charge in [-0.2, -0.15) is 0 Å². The van der Waals surface area contributed by atoms with Crippen LogP contribution >= 0.6 is 0 Å². The zero-order valence-corrected chi connectivity index (χ0v) is 8.74. The van der Waals surface area contributed by atoms with E-state index in [1.807, 2.05) is 19.9 Å². The maximum atomic E-state index is 10.7. The number of benzene rings is 1. The lowest BCUT2D eigenvalue weighted by Gasteiger charge is -2.11. The van der Waals surface area contributed by atoms with Crippen molar-refractivity contribution >= 4 is 12.2 Å². The van der Waals surface area contributed by atoms with E-state index in [9.17, 15) is 9.59 Å². The predicted octanol–water partition coefficient (Wildman–Crippen LogP) is 0.980. The highest BCUT2D eigenvalue weighted by molar-refractivity contribution is 5.81. The summed E-state index contributed by atoms with van der Waals surface area (Å²) in [5, 5.41) is 0. The first-order chi connectivity index (χ1) is 7.06. The zero-order valence-electron chi connectivity index (χ0n) is 8.74. The molecule has 4 heteroatoms. The van der Waals surface area contributed by atoms with Crippen LogP contribution in [0.15, 0.2) is 12.1 Å². The molecule has 0 bridgehead atoms. The molecule has 4 nitrogen and oxygen atoms in total. The van der Waals surface area contributed by atoms with Gasteiger partial charge in [0.2, 0.25) is 0 Å². The van der Waals surface area contributed by atoms with E-state index < -0.39 is 5.91 Å². The molecule has 0 fully saturated rings. The molecule has 0 unspecified atom stereocenters. The molecule has 0 heterocycles. The van der Waals surface area contributed by atoms with E-state index in [2.05, 4.69) is 0 Å². The van der Waals surface area contributed by atoms with Gasteiger partial charge in [-0.15, -0.1) is 0 Å². The maximum absolute atomic E-state index is 10.7. The Balaban J connectivity index is 3.06. The van der Waals surface area contributed by atoms with E-state index in [0.29, 0.717) is 17.6 Å². The highest BCUT2D eigenvalue weighted by Crippen LogP contribution is 2.24. The van der Waals surface area contributed by atoms with Gasteiger partial charge in [0, 0.05) is 0 Å². The fourth-order valence-corrected chi connectivity index (χ4v) is 1.24. The fourth-order valence-electron chi connectivity index (χ4n) is 1.24. The smallest absolute Gasteiger partial charge is 0.255 e. The molecule has 1 rings (SSSR count). The Morgan fingerprint density at radius 2 is 2.13 bits per heavy atom. The number of rotatable bonds is 4. The molecule has 2 N–H and O–H groups in total. The van der Waals surface area contributed by atoms with Gasteiger partial charge in [0.25, 0.3) is 5.91 Å². The van der Waals surface area contributed by atoms with Gasteiger partial charge in [0.1, 0.15) is 5.75 Å². The van der Waals surface area contributed by atoms with Crippen LogP contribution in [0.5, 0.6) is 5.75 Å². The van der Waals surface area contributed by atoms with Crippen molar-refractivity contribution in [2.45, 2.75) is 13.8 Å². The Morgan fingerprint density at radius 1 is 1.47 bits per heavy atom. The van der Waals surface area contributed by atoms with E-state index in [-0.39, 0.29) is 6.61 Å². The van der Waals surface area contributed by atoms with E-state index in [4.69, 9.17) is 10.5 Å². The molecule has 0 aliphatic heterocycles. The van der Waals surface area contributed by atoms with Crippen molar-refractivity contribution in [3.05, 3.63) is 28.8 Å². The Bertz CT molecular complexity index is 399. The van der Waals surface area contributed by atoms with Gasteiger partial charge in [-0.05, 0) is 31.0 Å². The molecule has 15 heavy (non-hydrogen) atoms. The summed E-state index contributed by atoms with van der Waals surface area (Å²) in [7, 11) is 0. The first-order valence-corrected chi connectivity index (χ1v) is 4.52. The molecule has 0 aliphatic rings. The predicted molar refractivity (Wildman–Crippen MR) is 56.0 cm³/mol. The molecule has 0 spiro atoms. The van der Waals surface area contributed by atoms with E-state index >= 15 is 0 Å². The number of nitrogens with two attached hydrogens (primary N) is 1. The normalized spacial score (nSPS) is 9.73. The molecule has 1 aromatic rings. The highest BCUT2D eigenvalue weighted by atomic mass is 16.5. The number of amides is 1. The minimum absolute atomic E-state index is 0.217. The standard InChI is InChI=1S/C11H13NO3/c1-7-3-4-9(5-13)11(8(7)2)15-6-10(12)14/h3-5H,6H2,1-2H3,(H2,12,14). The molecule has 0 aliphatic carbocycles. The molecular formula is C11H13NO3. The van der Waals surface area contributed by atoms with Crippen LogP contribution in [0.1, 0.15) is 21.5 Å². The molecule has 0 saturated heterocycles. The van der Waals surface area contributed by atoms with Crippen LogP contribution in [0.4, 0.5) is 0 Å². The van der Waals surface area contributed by atoms with Crippen molar-refractivity contribution < 1.29 is 14.3 Å². The SMILES string of the molecule is Cc1ccc(C=O)c(OCC(N)=O)c1C. The number of primary amides is 1. The second kappa shape index (κ2) is 4.59. The Kier molecular flexibility index (Phi) is 3.44. The summed E-state index contributed by atoms with van der Waals surface area (Å²) < 4.78 is 5.20.